The fourth-order valence-corrected chi connectivity index (χ4v) is 2.44. The maximum atomic E-state index is 13.9. The normalized spacial score (nSPS) is 18.8. The molecule has 0 radical (unpaired) electrons. The van der Waals surface area contributed by atoms with E-state index in [0.717, 1.165) is 5.56 Å². The van der Waals surface area contributed by atoms with E-state index in [2.05, 4.69) is 0 Å². The lowest BCUT2D eigenvalue weighted by Crippen LogP contribution is -2.44. The summed E-state index contributed by atoms with van der Waals surface area (Å²) in [5.74, 6) is -2.07. The van der Waals surface area contributed by atoms with Crippen molar-refractivity contribution in [2.24, 2.45) is 5.92 Å². The van der Waals surface area contributed by atoms with Gasteiger partial charge in [0.05, 0.1) is 24.1 Å². The number of carbonyl (C=O) groups is 2. The number of ketones is 1. The third-order valence-electron chi connectivity index (χ3n) is 3.47. The van der Waals surface area contributed by atoms with Crippen LogP contribution in [0.15, 0.2) is 18.2 Å². The Bertz CT molecular complexity index is 592. The first-order valence-corrected chi connectivity index (χ1v) is 6.52. The summed E-state index contributed by atoms with van der Waals surface area (Å²) in [6.45, 7) is 2.21. The van der Waals surface area contributed by atoms with Crippen molar-refractivity contribution >= 4 is 17.4 Å². The zero-order valence-electron chi connectivity index (χ0n) is 11.2. The van der Waals surface area contributed by atoms with Gasteiger partial charge in [-0.25, -0.2) is 4.39 Å². The minimum Gasteiger partial charge on any atom is -0.309 e. The molecule has 1 atom stereocenters. The third kappa shape index (κ3) is 2.69. The molecule has 1 unspecified atom stereocenters. The first-order chi connectivity index (χ1) is 9.54. The highest BCUT2D eigenvalue weighted by Crippen LogP contribution is 2.28. The zero-order chi connectivity index (χ0) is 14.7. The van der Waals surface area contributed by atoms with Gasteiger partial charge in [-0.15, -0.1) is 0 Å². The van der Waals surface area contributed by atoms with Gasteiger partial charge in [-0.05, 0) is 37.5 Å². The first-order valence-electron chi connectivity index (χ1n) is 6.52. The van der Waals surface area contributed by atoms with E-state index in [1.165, 1.54) is 11.0 Å². The monoisotopic (exact) mass is 274 g/mol. The predicted octanol–water partition coefficient (Wildman–Crippen LogP) is 2.36. The lowest BCUT2D eigenvalue weighted by Gasteiger charge is -2.31. The minimum absolute atomic E-state index is 0.212. The molecule has 1 aromatic carbocycles. The molecule has 0 N–H and O–H groups in total. The molecule has 4 nitrogen and oxygen atoms in total. The van der Waals surface area contributed by atoms with Crippen LogP contribution in [0.2, 0.25) is 0 Å². The highest BCUT2D eigenvalue weighted by Gasteiger charge is 2.35. The van der Waals surface area contributed by atoms with Crippen LogP contribution in [0.4, 0.5) is 10.1 Å². The van der Waals surface area contributed by atoms with Crippen LogP contribution in [0.3, 0.4) is 0 Å². The Morgan fingerprint density at radius 1 is 1.55 bits per heavy atom. The molecule has 0 aliphatic carbocycles. The molecule has 0 saturated carbocycles. The van der Waals surface area contributed by atoms with Crippen molar-refractivity contribution in [1.82, 2.24) is 0 Å². The Labute approximate surface area is 116 Å². The van der Waals surface area contributed by atoms with E-state index in [4.69, 9.17) is 5.26 Å². The lowest BCUT2D eigenvalue weighted by molar-refractivity contribution is -0.133. The van der Waals surface area contributed by atoms with Crippen LogP contribution in [-0.2, 0) is 9.59 Å². The number of hydrogen-bond donors (Lipinski definition) is 0. The summed E-state index contributed by atoms with van der Waals surface area (Å²) in [6.07, 6.45) is 0.783. The second-order valence-electron chi connectivity index (χ2n) is 4.94. The number of benzene rings is 1. The van der Waals surface area contributed by atoms with Gasteiger partial charge in [-0.1, -0.05) is 6.07 Å². The van der Waals surface area contributed by atoms with Crippen molar-refractivity contribution in [2.45, 2.75) is 26.2 Å². The number of nitrogens with zero attached hydrogens (tertiary/aromatic N) is 2. The molecule has 104 valence electrons. The summed E-state index contributed by atoms with van der Waals surface area (Å²) in [6, 6.07) is 6.32. The van der Waals surface area contributed by atoms with Crippen molar-refractivity contribution in [3.05, 3.63) is 29.6 Å². The largest absolute Gasteiger partial charge is 0.309 e. The van der Waals surface area contributed by atoms with Crippen LogP contribution >= 0.6 is 0 Å². The molecule has 1 saturated heterocycles. The number of anilines is 1. The van der Waals surface area contributed by atoms with Crippen LogP contribution in [0.1, 0.15) is 24.8 Å². The second kappa shape index (κ2) is 5.83. The zero-order valence-corrected chi connectivity index (χ0v) is 11.2. The number of amides is 1. The molecule has 20 heavy (non-hydrogen) atoms. The molecule has 1 fully saturated rings. The average molecular weight is 274 g/mol. The molecule has 2 rings (SSSR count). The number of rotatable bonds is 3. The van der Waals surface area contributed by atoms with Gasteiger partial charge in [0.2, 0.25) is 5.91 Å². The molecular weight excluding hydrogens is 259 g/mol. The number of carbonyl (C=O) groups excluding carboxylic acids is 2. The van der Waals surface area contributed by atoms with Gasteiger partial charge >= 0.3 is 0 Å². The van der Waals surface area contributed by atoms with Gasteiger partial charge in [0.1, 0.15) is 5.82 Å². The molecule has 1 heterocycles. The minimum atomic E-state index is -0.816. The Hall–Kier alpha value is -2.22. The van der Waals surface area contributed by atoms with Gasteiger partial charge in [0.25, 0.3) is 0 Å². The Morgan fingerprint density at radius 2 is 2.30 bits per heavy atom. The summed E-state index contributed by atoms with van der Waals surface area (Å²) >= 11 is 0. The van der Waals surface area contributed by atoms with Crippen LogP contribution in [0, 0.1) is 30.0 Å². The lowest BCUT2D eigenvalue weighted by atomic mass is 9.91. The van der Waals surface area contributed by atoms with Gasteiger partial charge in [-0.3, -0.25) is 9.59 Å². The highest BCUT2D eigenvalue weighted by molar-refractivity contribution is 6.09. The van der Waals surface area contributed by atoms with Crippen LogP contribution in [0.5, 0.6) is 0 Å². The Kier molecular flexibility index (Phi) is 4.14. The van der Waals surface area contributed by atoms with Gasteiger partial charge in [0.15, 0.2) is 5.78 Å². The number of nitriles is 1. The van der Waals surface area contributed by atoms with Crippen LogP contribution < -0.4 is 4.90 Å². The third-order valence-corrected chi connectivity index (χ3v) is 3.47. The summed E-state index contributed by atoms with van der Waals surface area (Å²) in [7, 11) is 0. The fraction of sp³-hybridized carbons (Fsp3) is 0.400. The number of aryl methyl sites for hydroxylation is 1. The molecule has 5 heteroatoms. The van der Waals surface area contributed by atoms with Crippen molar-refractivity contribution < 1.29 is 14.0 Å². The molecule has 1 aromatic rings. The molecule has 1 aliphatic rings. The van der Waals surface area contributed by atoms with E-state index in [-0.39, 0.29) is 17.9 Å². The number of piperidine rings is 1. The van der Waals surface area contributed by atoms with E-state index >= 15 is 0 Å². The predicted molar refractivity (Wildman–Crippen MR) is 71.5 cm³/mol. The van der Waals surface area contributed by atoms with Crippen molar-refractivity contribution in [3.8, 4) is 6.07 Å². The molecule has 1 aliphatic heterocycles. The van der Waals surface area contributed by atoms with E-state index in [1.807, 2.05) is 6.92 Å². The van der Waals surface area contributed by atoms with Crippen LogP contribution in [0.25, 0.3) is 0 Å². The Morgan fingerprint density at radius 3 is 3.00 bits per heavy atom. The number of hydrogen-bond acceptors (Lipinski definition) is 3. The van der Waals surface area contributed by atoms with Crippen molar-refractivity contribution in [2.75, 3.05) is 11.4 Å². The first kappa shape index (κ1) is 14.2. The topological polar surface area (TPSA) is 61.2 Å². The highest BCUT2D eigenvalue weighted by atomic mass is 19.1. The van der Waals surface area contributed by atoms with E-state index in [9.17, 15) is 14.0 Å². The molecule has 0 spiro atoms. The second-order valence-corrected chi connectivity index (χ2v) is 4.94. The number of Topliss-reactive ketones (excluding diaryl/α,β-unsaturated/α-hetero) is 1. The maximum absolute atomic E-state index is 13.9. The summed E-state index contributed by atoms with van der Waals surface area (Å²) in [5.41, 5.74) is 1.06. The summed E-state index contributed by atoms with van der Waals surface area (Å²) in [5, 5.41) is 8.56. The summed E-state index contributed by atoms with van der Waals surface area (Å²) in [4.78, 5) is 25.4. The Balaban J connectivity index is 2.29. The molecule has 0 aromatic heterocycles. The van der Waals surface area contributed by atoms with Crippen molar-refractivity contribution in [3.63, 3.8) is 0 Å². The van der Waals surface area contributed by atoms with Crippen LogP contribution in [-0.4, -0.2) is 18.2 Å². The smallest absolute Gasteiger partial charge is 0.237 e. The van der Waals surface area contributed by atoms with E-state index in [1.54, 1.807) is 18.2 Å². The quantitative estimate of drug-likeness (QED) is 0.795. The molecule has 1 amide bonds. The van der Waals surface area contributed by atoms with Crippen molar-refractivity contribution in [1.29, 1.82) is 5.26 Å². The number of halogens is 1. The standard InChI is InChI=1S/C15H15FN2O2/c1-10-4-5-12(16)13(9-10)18-8-2-3-11(15(18)20)14(19)6-7-17/h4-5,9,11H,2-3,6,8H2,1H3. The van der Waals surface area contributed by atoms with Gasteiger partial charge in [0, 0.05) is 6.54 Å². The maximum Gasteiger partial charge on any atom is 0.237 e. The average Bonchev–Trinajstić information content (AvgIpc) is 2.42. The van der Waals surface area contributed by atoms with E-state index < -0.39 is 17.6 Å². The summed E-state index contributed by atoms with van der Waals surface area (Å²) < 4.78 is 13.9. The SMILES string of the molecule is Cc1ccc(F)c(N2CCCC(C(=O)CC#N)C2=O)c1. The van der Waals surface area contributed by atoms with Gasteiger partial charge in [-0.2, -0.15) is 5.26 Å². The van der Waals surface area contributed by atoms with E-state index in [0.29, 0.717) is 19.4 Å². The molecular formula is C15H15FN2O2. The van der Waals surface area contributed by atoms with Gasteiger partial charge < -0.3 is 4.90 Å². The molecule has 0 bridgehead atoms. The fourth-order valence-electron chi connectivity index (χ4n) is 2.44.